The van der Waals surface area contributed by atoms with Gasteiger partial charge in [0.05, 0.1) is 0 Å². The van der Waals surface area contributed by atoms with Crippen LogP contribution in [0.1, 0.15) is 0 Å². The fourth-order valence-electron chi connectivity index (χ4n) is 0.571. The number of hydrogen-bond acceptors (Lipinski definition) is 0. The minimum absolute atomic E-state index is 0.150. The SMILES string of the molecule is C[Se]c1ccc(F)cc1. The van der Waals surface area contributed by atoms with Crippen molar-refractivity contribution in [3.05, 3.63) is 30.1 Å². The predicted molar refractivity (Wildman–Crippen MR) is 37.7 cm³/mol. The van der Waals surface area contributed by atoms with Gasteiger partial charge in [-0.1, -0.05) is 0 Å². The molecule has 1 aromatic rings. The molecular formula is C7H7FSe. The number of rotatable bonds is 1. The molecule has 0 spiro atoms. The van der Waals surface area contributed by atoms with E-state index in [9.17, 15) is 4.39 Å². The zero-order chi connectivity index (χ0) is 6.69. The van der Waals surface area contributed by atoms with E-state index >= 15 is 0 Å². The predicted octanol–water partition coefficient (Wildman–Crippen LogP) is 1.20. The van der Waals surface area contributed by atoms with E-state index in [1.807, 2.05) is 12.1 Å². The first-order valence-electron chi connectivity index (χ1n) is 2.62. The number of benzene rings is 1. The Hall–Kier alpha value is -0.331. The van der Waals surface area contributed by atoms with E-state index in [0.29, 0.717) is 15.0 Å². The third-order valence-corrected chi connectivity index (χ3v) is 2.61. The van der Waals surface area contributed by atoms with E-state index in [1.54, 1.807) is 0 Å². The molecule has 1 rings (SSSR count). The van der Waals surface area contributed by atoms with Gasteiger partial charge in [-0.15, -0.1) is 0 Å². The first-order valence-corrected chi connectivity index (χ1v) is 5.19. The van der Waals surface area contributed by atoms with Crippen LogP contribution in [0.2, 0.25) is 5.82 Å². The van der Waals surface area contributed by atoms with Gasteiger partial charge in [-0.05, 0) is 0 Å². The number of hydrogen-bond donors (Lipinski definition) is 0. The van der Waals surface area contributed by atoms with Crippen LogP contribution in [0.5, 0.6) is 0 Å². The molecule has 0 fully saturated rings. The van der Waals surface area contributed by atoms with Crippen LogP contribution in [0.3, 0.4) is 0 Å². The second-order valence-corrected chi connectivity index (χ2v) is 3.50. The summed E-state index contributed by atoms with van der Waals surface area (Å²) in [4.78, 5) is 0. The van der Waals surface area contributed by atoms with Gasteiger partial charge in [0.2, 0.25) is 0 Å². The summed E-state index contributed by atoms with van der Waals surface area (Å²) in [5.74, 6) is 1.96. The molecule has 0 saturated heterocycles. The Bertz CT molecular complexity index is 181. The molecule has 2 heteroatoms. The average molecular weight is 189 g/mol. The summed E-state index contributed by atoms with van der Waals surface area (Å²) < 4.78 is 13.5. The maximum atomic E-state index is 12.2. The van der Waals surface area contributed by atoms with Gasteiger partial charge in [-0.2, -0.15) is 0 Å². The van der Waals surface area contributed by atoms with Crippen LogP contribution in [0, 0.1) is 5.82 Å². The van der Waals surface area contributed by atoms with E-state index in [1.165, 1.54) is 16.6 Å². The normalized spacial score (nSPS) is 9.56. The summed E-state index contributed by atoms with van der Waals surface area (Å²) in [5.41, 5.74) is 0. The molecule has 0 saturated carbocycles. The van der Waals surface area contributed by atoms with E-state index in [2.05, 4.69) is 5.82 Å². The van der Waals surface area contributed by atoms with Crippen molar-refractivity contribution in [2.45, 2.75) is 5.82 Å². The van der Waals surface area contributed by atoms with Crippen molar-refractivity contribution in [3.63, 3.8) is 0 Å². The Balaban J connectivity index is 2.88. The maximum absolute atomic E-state index is 12.2. The van der Waals surface area contributed by atoms with Crippen LogP contribution >= 0.6 is 0 Å². The molecule has 0 aliphatic rings. The zero-order valence-corrected chi connectivity index (χ0v) is 6.81. The Morgan fingerprint density at radius 2 is 1.78 bits per heavy atom. The summed E-state index contributed by atoms with van der Waals surface area (Å²) in [5, 5.41) is 0. The van der Waals surface area contributed by atoms with Crippen molar-refractivity contribution in [3.8, 4) is 0 Å². The molecule has 9 heavy (non-hydrogen) atoms. The van der Waals surface area contributed by atoms with Crippen molar-refractivity contribution in [2.75, 3.05) is 0 Å². The van der Waals surface area contributed by atoms with Gasteiger partial charge in [0.25, 0.3) is 0 Å². The summed E-state index contributed by atoms with van der Waals surface area (Å²) in [6.45, 7) is 0. The van der Waals surface area contributed by atoms with Gasteiger partial charge >= 0.3 is 59.7 Å². The molecule has 0 aliphatic carbocycles. The van der Waals surface area contributed by atoms with E-state index in [0.717, 1.165) is 0 Å². The Morgan fingerprint density at radius 1 is 1.22 bits per heavy atom. The molecule has 0 heterocycles. The summed E-state index contributed by atoms with van der Waals surface area (Å²) >= 11 is 0.494. The topological polar surface area (TPSA) is 0 Å². The molecule has 0 N–H and O–H groups in total. The molecule has 0 atom stereocenters. The zero-order valence-electron chi connectivity index (χ0n) is 5.10. The van der Waals surface area contributed by atoms with Crippen molar-refractivity contribution < 1.29 is 4.39 Å². The van der Waals surface area contributed by atoms with Crippen molar-refractivity contribution in [2.24, 2.45) is 0 Å². The van der Waals surface area contributed by atoms with Crippen LogP contribution in [-0.2, 0) is 0 Å². The van der Waals surface area contributed by atoms with Gasteiger partial charge in [0.15, 0.2) is 0 Å². The summed E-state index contributed by atoms with van der Waals surface area (Å²) in [6, 6.07) is 6.66. The van der Waals surface area contributed by atoms with Gasteiger partial charge in [-0.3, -0.25) is 0 Å². The van der Waals surface area contributed by atoms with Gasteiger partial charge in [0, 0.05) is 0 Å². The fraction of sp³-hybridized carbons (Fsp3) is 0.143. The molecule has 1 aromatic carbocycles. The van der Waals surface area contributed by atoms with Crippen LogP contribution < -0.4 is 4.46 Å². The molecule has 0 bridgehead atoms. The van der Waals surface area contributed by atoms with Gasteiger partial charge < -0.3 is 0 Å². The molecule has 48 valence electrons. The Morgan fingerprint density at radius 3 is 2.22 bits per heavy atom. The average Bonchev–Trinajstić information content (AvgIpc) is 1.90. The first-order chi connectivity index (χ1) is 4.33. The molecule has 0 aromatic heterocycles. The van der Waals surface area contributed by atoms with Crippen molar-refractivity contribution in [1.82, 2.24) is 0 Å². The third kappa shape index (κ3) is 1.81. The Labute approximate surface area is 60.2 Å². The van der Waals surface area contributed by atoms with Crippen molar-refractivity contribution in [1.29, 1.82) is 0 Å². The van der Waals surface area contributed by atoms with Crippen LogP contribution in [-0.4, -0.2) is 15.0 Å². The molecule has 0 amide bonds. The van der Waals surface area contributed by atoms with Crippen LogP contribution in [0.25, 0.3) is 0 Å². The van der Waals surface area contributed by atoms with E-state index in [-0.39, 0.29) is 5.82 Å². The standard InChI is InChI=1S/C7H7FSe/c1-9-7-4-2-6(8)3-5-7/h2-5H,1H3. The number of halogens is 1. The van der Waals surface area contributed by atoms with Gasteiger partial charge in [0.1, 0.15) is 0 Å². The molecule has 0 unspecified atom stereocenters. The van der Waals surface area contributed by atoms with Crippen molar-refractivity contribution >= 4 is 19.4 Å². The Kier molecular flexibility index (Phi) is 2.26. The summed E-state index contributed by atoms with van der Waals surface area (Å²) in [7, 11) is 0. The summed E-state index contributed by atoms with van der Waals surface area (Å²) in [6.07, 6.45) is 0. The minimum atomic E-state index is -0.150. The molecular weight excluding hydrogens is 182 g/mol. The molecule has 0 aliphatic heterocycles. The van der Waals surface area contributed by atoms with Crippen LogP contribution in [0.4, 0.5) is 4.39 Å². The fourth-order valence-corrected chi connectivity index (χ4v) is 1.43. The van der Waals surface area contributed by atoms with E-state index < -0.39 is 0 Å². The van der Waals surface area contributed by atoms with Crippen LogP contribution in [0.15, 0.2) is 24.3 Å². The quantitative estimate of drug-likeness (QED) is 0.582. The molecule has 0 nitrogen and oxygen atoms in total. The van der Waals surface area contributed by atoms with E-state index in [4.69, 9.17) is 0 Å². The third-order valence-electron chi connectivity index (χ3n) is 1.05. The second-order valence-electron chi connectivity index (χ2n) is 1.66. The monoisotopic (exact) mass is 190 g/mol. The first kappa shape index (κ1) is 6.78. The second kappa shape index (κ2) is 3.00. The van der Waals surface area contributed by atoms with Gasteiger partial charge in [-0.25, -0.2) is 0 Å². The molecule has 0 radical (unpaired) electrons.